The van der Waals surface area contributed by atoms with Gasteiger partial charge in [0.1, 0.15) is 12.4 Å². The minimum absolute atomic E-state index is 0.161. The maximum absolute atomic E-state index is 12.9. The molecular weight excluding hydrogens is 301 g/mol. The molecule has 112 valence electrons. The number of imidazole rings is 1. The van der Waals surface area contributed by atoms with Crippen molar-refractivity contribution < 1.29 is 9.18 Å². The number of nitrogens with zero attached hydrogens (tertiary/aromatic N) is 2. The molecule has 0 aliphatic rings. The van der Waals surface area contributed by atoms with Crippen LogP contribution in [-0.4, -0.2) is 21.7 Å². The third-order valence-corrected chi connectivity index (χ3v) is 3.91. The molecular formula is C16H14FN3OS. The lowest BCUT2D eigenvalue weighted by Gasteiger charge is -2.09. The lowest BCUT2D eigenvalue weighted by molar-refractivity contribution is -0.116. The molecule has 0 saturated carbocycles. The number of para-hydroxylation sites is 2. The molecule has 0 fully saturated rings. The summed E-state index contributed by atoms with van der Waals surface area (Å²) in [6, 6.07) is 13.4. The molecule has 4 nitrogen and oxygen atoms in total. The minimum Gasteiger partial charge on any atom is -0.325 e. The topological polar surface area (TPSA) is 46.9 Å². The van der Waals surface area contributed by atoms with Gasteiger partial charge in [-0.15, -0.1) is 0 Å². The van der Waals surface area contributed by atoms with Crippen molar-refractivity contribution in [3.63, 3.8) is 0 Å². The summed E-state index contributed by atoms with van der Waals surface area (Å²) in [6.07, 6.45) is 1.93. The van der Waals surface area contributed by atoms with Crippen molar-refractivity contribution in [2.75, 3.05) is 11.6 Å². The number of hydrogen-bond donors (Lipinski definition) is 1. The Labute approximate surface area is 131 Å². The largest absolute Gasteiger partial charge is 0.325 e. The average molecular weight is 315 g/mol. The van der Waals surface area contributed by atoms with Crippen LogP contribution in [0.2, 0.25) is 0 Å². The molecule has 0 aliphatic carbocycles. The molecule has 1 N–H and O–H groups in total. The number of aromatic nitrogens is 2. The zero-order valence-electron chi connectivity index (χ0n) is 11.9. The third kappa shape index (κ3) is 2.96. The van der Waals surface area contributed by atoms with E-state index in [0.29, 0.717) is 5.69 Å². The van der Waals surface area contributed by atoms with Gasteiger partial charge in [-0.05, 0) is 42.7 Å². The molecule has 0 spiro atoms. The van der Waals surface area contributed by atoms with Crippen LogP contribution in [0.1, 0.15) is 0 Å². The molecule has 22 heavy (non-hydrogen) atoms. The summed E-state index contributed by atoms with van der Waals surface area (Å²) in [4.78, 5) is 16.7. The molecule has 2 aromatic carbocycles. The quantitative estimate of drug-likeness (QED) is 0.749. The van der Waals surface area contributed by atoms with Gasteiger partial charge < -0.3 is 9.88 Å². The normalized spacial score (nSPS) is 10.8. The molecule has 6 heteroatoms. The maximum Gasteiger partial charge on any atom is 0.244 e. The summed E-state index contributed by atoms with van der Waals surface area (Å²) in [6.45, 7) is 0.161. The summed E-state index contributed by atoms with van der Waals surface area (Å²) in [5, 5.41) is 3.55. The average Bonchev–Trinajstić information content (AvgIpc) is 2.87. The van der Waals surface area contributed by atoms with Gasteiger partial charge in [0.25, 0.3) is 0 Å². The number of fused-ring (bicyclic) bond motifs is 1. The molecule has 1 aromatic heterocycles. The molecule has 3 aromatic rings. The predicted molar refractivity (Wildman–Crippen MR) is 86.5 cm³/mol. The molecule has 0 unspecified atom stereocenters. The van der Waals surface area contributed by atoms with Crippen molar-refractivity contribution in [1.29, 1.82) is 0 Å². The first kappa shape index (κ1) is 14.6. The third-order valence-electron chi connectivity index (χ3n) is 3.23. The van der Waals surface area contributed by atoms with E-state index in [1.54, 1.807) is 0 Å². The van der Waals surface area contributed by atoms with E-state index in [-0.39, 0.29) is 18.3 Å². The molecule has 1 amide bonds. The summed E-state index contributed by atoms with van der Waals surface area (Å²) >= 11 is 1.49. The van der Waals surface area contributed by atoms with Gasteiger partial charge in [0.05, 0.1) is 11.0 Å². The zero-order valence-corrected chi connectivity index (χ0v) is 12.7. The minimum atomic E-state index is -0.330. The smallest absolute Gasteiger partial charge is 0.244 e. The van der Waals surface area contributed by atoms with Crippen molar-refractivity contribution in [1.82, 2.24) is 9.55 Å². The molecule has 0 saturated heterocycles. The Hall–Kier alpha value is -2.34. The van der Waals surface area contributed by atoms with E-state index < -0.39 is 0 Å². The van der Waals surface area contributed by atoms with Crippen molar-refractivity contribution in [2.45, 2.75) is 11.7 Å². The molecule has 0 atom stereocenters. The standard InChI is InChI=1S/C16H14FN3OS/c1-22-16-19-13-4-2-3-5-14(13)20(16)10-15(21)18-12-8-6-11(17)7-9-12/h2-9H,10H2,1H3,(H,18,21). The Balaban J connectivity index is 1.83. The van der Waals surface area contributed by atoms with Gasteiger partial charge >= 0.3 is 0 Å². The highest BCUT2D eigenvalue weighted by Crippen LogP contribution is 2.22. The van der Waals surface area contributed by atoms with E-state index in [2.05, 4.69) is 10.3 Å². The summed E-state index contributed by atoms with van der Waals surface area (Å²) in [5.41, 5.74) is 2.35. The van der Waals surface area contributed by atoms with Gasteiger partial charge in [0.15, 0.2) is 5.16 Å². The van der Waals surface area contributed by atoms with E-state index >= 15 is 0 Å². The van der Waals surface area contributed by atoms with Crippen LogP contribution in [0.15, 0.2) is 53.7 Å². The Morgan fingerprint density at radius 1 is 1.23 bits per heavy atom. The Morgan fingerprint density at radius 2 is 1.95 bits per heavy atom. The fraction of sp³-hybridized carbons (Fsp3) is 0.125. The number of halogens is 1. The number of rotatable bonds is 4. The lowest BCUT2D eigenvalue weighted by atomic mass is 10.3. The number of anilines is 1. The first-order chi connectivity index (χ1) is 10.7. The number of benzene rings is 2. The number of nitrogens with one attached hydrogen (secondary N) is 1. The van der Waals surface area contributed by atoms with Crippen molar-refractivity contribution in [3.05, 3.63) is 54.3 Å². The van der Waals surface area contributed by atoms with Crippen LogP contribution in [0, 0.1) is 5.82 Å². The number of hydrogen-bond acceptors (Lipinski definition) is 3. The van der Waals surface area contributed by atoms with Crippen LogP contribution in [-0.2, 0) is 11.3 Å². The number of carbonyl (C=O) groups is 1. The first-order valence-corrected chi connectivity index (χ1v) is 7.94. The highest BCUT2D eigenvalue weighted by atomic mass is 32.2. The zero-order chi connectivity index (χ0) is 15.5. The predicted octanol–water partition coefficient (Wildman–Crippen LogP) is 3.54. The number of thioether (sulfide) groups is 1. The summed E-state index contributed by atoms with van der Waals surface area (Å²) in [7, 11) is 0. The number of carbonyl (C=O) groups excluding carboxylic acids is 1. The van der Waals surface area contributed by atoms with Gasteiger partial charge in [-0.3, -0.25) is 4.79 Å². The highest BCUT2D eigenvalue weighted by molar-refractivity contribution is 7.98. The molecule has 3 rings (SSSR count). The second-order valence-electron chi connectivity index (χ2n) is 4.73. The maximum atomic E-state index is 12.9. The lowest BCUT2D eigenvalue weighted by Crippen LogP contribution is -2.19. The highest BCUT2D eigenvalue weighted by Gasteiger charge is 2.13. The summed E-state index contributed by atoms with van der Waals surface area (Å²) in [5.74, 6) is -0.506. The second-order valence-corrected chi connectivity index (χ2v) is 5.50. The summed E-state index contributed by atoms with van der Waals surface area (Å²) < 4.78 is 14.7. The van der Waals surface area contributed by atoms with E-state index in [9.17, 15) is 9.18 Å². The van der Waals surface area contributed by atoms with Crippen LogP contribution in [0.4, 0.5) is 10.1 Å². The van der Waals surface area contributed by atoms with E-state index in [0.717, 1.165) is 16.2 Å². The van der Waals surface area contributed by atoms with Crippen molar-refractivity contribution in [3.8, 4) is 0 Å². The molecule has 0 radical (unpaired) electrons. The fourth-order valence-corrected chi connectivity index (χ4v) is 2.81. The monoisotopic (exact) mass is 315 g/mol. The first-order valence-electron chi connectivity index (χ1n) is 6.72. The van der Waals surface area contributed by atoms with Gasteiger partial charge in [0, 0.05) is 5.69 Å². The van der Waals surface area contributed by atoms with Gasteiger partial charge in [-0.1, -0.05) is 23.9 Å². The van der Waals surface area contributed by atoms with Crippen LogP contribution >= 0.6 is 11.8 Å². The second kappa shape index (κ2) is 6.19. The van der Waals surface area contributed by atoms with Gasteiger partial charge in [-0.25, -0.2) is 9.37 Å². The Bertz CT molecular complexity index is 814. The number of amides is 1. The van der Waals surface area contributed by atoms with Crippen LogP contribution in [0.25, 0.3) is 11.0 Å². The van der Waals surface area contributed by atoms with Crippen LogP contribution in [0.3, 0.4) is 0 Å². The van der Waals surface area contributed by atoms with Crippen molar-refractivity contribution in [2.24, 2.45) is 0 Å². The Kier molecular flexibility index (Phi) is 4.11. The van der Waals surface area contributed by atoms with E-state index in [4.69, 9.17) is 0 Å². The molecule has 0 aliphatic heterocycles. The van der Waals surface area contributed by atoms with Crippen molar-refractivity contribution >= 4 is 34.4 Å². The van der Waals surface area contributed by atoms with Gasteiger partial charge in [-0.2, -0.15) is 0 Å². The van der Waals surface area contributed by atoms with Gasteiger partial charge in [0.2, 0.25) is 5.91 Å². The van der Waals surface area contributed by atoms with E-state index in [1.165, 1.54) is 36.0 Å². The molecule has 0 bridgehead atoms. The van der Waals surface area contributed by atoms with E-state index in [1.807, 2.05) is 35.1 Å². The van der Waals surface area contributed by atoms with Crippen LogP contribution in [0.5, 0.6) is 0 Å². The Morgan fingerprint density at radius 3 is 2.68 bits per heavy atom. The SMILES string of the molecule is CSc1nc2ccccc2n1CC(=O)Nc1ccc(F)cc1. The van der Waals surface area contributed by atoms with Crippen LogP contribution < -0.4 is 5.32 Å². The molecule has 1 heterocycles. The fourth-order valence-electron chi connectivity index (χ4n) is 2.24.